The molecule has 0 N–H and O–H groups in total. The maximum Gasteiger partial charge on any atom is 0.225 e. The molecule has 6 rings (SSSR count). The van der Waals surface area contributed by atoms with E-state index >= 15 is 0 Å². The van der Waals surface area contributed by atoms with Crippen LogP contribution in [0, 0.1) is 5.92 Å². The van der Waals surface area contributed by atoms with Crippen LogP contribution < -0.4 is 4.90 Å². The van der Waals surface area contributed by atoms with Gasteiger partial charge in [0.2, 0.25) is 5.91 Å². The molecule has 31 heavy (non-hydrogen) atoms. The molecule has 0 radical (unpaired) electrons. The number of hydrogen-bond acceptors (Lipinski definition) is 5. The first-order valence-electron chi connectivity index (χ1n) is 11.2. The summed E-state index contributed by atoms with van der Waals surface area (Å²) in [5.41, 5.74) is 1.71. The van der Waals surface area contributed by atoms with E-state index < -0.39 is 0 Å². The fourth-order valence-corrected chi connectivity index (χ4v) is 4.71. The molecule has 0 bridgehead atoms. The normalized spacial score (nSPS) is 19.6. The van der Waals surface area contributed by atoms with Crippen LogP contribution >= 0.6 is 11.6 Å². The number of nitrogens with zero attached hydrogens (tertiary/aromatic N) is 6. The van der Waals surface area contributed by atoms with E-state index in [1.807, 2.05) is 40.0 Å². The van der Waals surface area contributed by atoms with Crippen LogP contribution in [0.4, 0.5) is 5.82 Å². The smallest absolute Gasteiger partial charge is 0.225 e. The summed E-state index contributed by atoms with van der Waals surface area (Å²) < 4.78 is 1.86. The van der Waals surface area contributed by atoms with E-state index in [1.54, 1.807) is 0 Å². The Hall–Kier alpha value is -2.67. The first-order chi connectivity index (χ1) is 15.2. The number of rotatable bonds is 4. The highest BCUT2D eigenvalue weighted by atomic mass is 35.5. The first kappa shape index (κ1) is 19.0. The molecule has 0 spiro atoms. The molecule has 8 heteroatoms. The van der Waals surface area contributed by atoms with Crippen molar-refractivity contribution in [2.24, 2.45) is 5.92 Å². The summed E-state index contributed by atoms with van der Waals surface area (Å²) in [4.78, 5) is 26.8. The Morgan fingerprint density at radius 3 is 2.52 bits per heavy atom. The number of aromatic nitrogens is 4. The number of carbonyl (C=O) groups excluding carboxylic acids is 1. The van der Waals surface area contributed by atoms with E-state index in [2.05, 4.69) is 10.00 Å². The van der Waals surface area contributed by atoms with Crippen LogP contribution in [0.15, 0.2) is 30.5 Å². The molecule has 3 heterocycles. The topological polar surface area (TPSA) is 67.2 Å². The molecule has 1 aromatic carbocycles. The molecule has 2 saturated carbocycles. The second-order valence-corrected chi connectivity index (χ2v) is 9.33. The van der Waals surface area contributed by atoms with Crippen molar-refractivity contribution in [3.05, 3.63) is 41.3 Å². The van der Waals surface area contributed by atoms with Gasteiger partial charge in [0, 0.05) is 43.0 Å². The number of halogens is 1. The summed E-state index contributed by atoms with van der Waals surface area (Å²) in [6.45, 7) is 3.08. The zero-order valence-electron chi connectivity index (χ0n) is 17.4. The molecule has 160 valence electrons. The summed E-state index contributed by atoms with van der Waals surface area (Å²) in [6, 6.07) is 7.67. The number of anilines is 1. The van der Waals surface area contributed by atoms with Crippen LogP contribution in [-0.2, 0) is 4.79 Å². The quantitative estimate of drug-likeness (QED) is 0.622. The molecule has 1 saturated heterocycles. The van der Waals surface area contributed by atoms with Gasteiger partial charge in [0.25, 0.3) is 0 Å². The lowest BCUT2D eigenvalue weighted by atomic mass is 9.84. The van der Waals surface area contributed by atoms with Gasteiger partial charge in [0.15, 0.2) is 5.65 Å². The van der Waals surface area contributed by atoms with E-state index in [9.17, 15) is 4.79 Å². The Bertz CT molecular complexity index is 1140. The molecular weight excluding hydrogens is 412 g/mol. The largest absolute Gasteiger partial charge is 0.352 e. The zero-order valence-corrected chi connectivity index (χ0v) is 18.1. The van der Waals surface area contributed by atoms with E-state index in [4.69, 9.17) is 21.6 Å². The van der Waals surface area contributed by atoms with Crippen LogP contribution in [0.25, 0.3) is 16.7 Å². The van der Waals surface area contributed by atoms with Gasteiger partial charge >= 0.3 is 0 Å². The van der Waals surface area contributed by atoms with Gasteiger partial charge in [-0.05, 0) is 43.9 Å². The third kappa shape index (κ3) is 3.45. The second kappa shape index (κ2) is 7.48. The van der Waals surface area contributed by atoms with Crippen LogP contribution in [0.1, 0.15) is 43.8 Å². The standard InChI is InChI=1S/C23H25ClN6O/c24-17-5-2-6-18(13-17)30-22-19(14-25-30)21(26-20(27-22)15-7-8-15)28-9-11-29(12-10-28)23(31)16-3-1-4-16/h2,5-6,13-16H,1,3-4,7-12H2. The highest BCUT2D eigenvalue weighted by Gasteiger charge is 2.33. The maximum atomic E-state index is 12.6. The summed E-state index contributed by atoms with van der Waals surface area (Å²) in [7, 11) is 0. The van der Waals surface area contributed by atoms with Crippen LogP contribution in [0.3, 0.4) is 0 Å². The number of carbonyl (C=O) groups is 1. The minimum absolute atomic E-state index is 0.259. The Labute approximate surface area is 186 Å². The molecule has 7 nitrogen and oxygen atoms in total. The van der Waals surface area contributed by atoms with Crippen LogP contribution in [0.2, 0.25) is 5.02 Å². The van der Waals surface area contributed by atoms with Gasteiger partial charge in [-0.3, -0.25) is 4.79 Å². The molecular formula is C23H25ClN6O. The predicted molar refractivity (Wildman–Crippen MR) is 120 cm³/mol. The number of fused-ring (bicyclic) bond motifs is 1. The molecule has 1 amide bonds. The van der Waals surface area contributed by atoms with Crippen molar-refractivity contribution in [1.82, 2.24) is 24.6 Å². The van der Waals surface area contributed by atoms with E-state index in [0.29, 0.717) is 16.8 Å². The van der Waals surface area contributed by atoms with Crippen molar-refractivity contribution in [2.45, 2.75) is 38.0 Å². The minimum Gasteiger partial charge on any atom is -0.352 e. The molecule has 3 aliphatic rings. The highest BCUT2D eigenvalue weighted by molar-refractivity contribution is 6.30. The molecule has 3 fully saturated rings. The lowest BCUT2D eigenvalue weighted by Crippen LogP contribution is -2.51. The third-order valence-corrected chi connectivity index (χ3v) is 7.00. The maximum absolute atomic E-state index is 12.6. The van der Waals surface area contributed by atoms with Crippen molar-refractivity contribution in [1.29, 1.82) is 0 Å². The van der Waals surface area contributed by atoms with Crippen molar-refractivity contribution >= 4 is 34.4 Å². The van der Waals surface area contributed by atoms with Gasteiger partial charge in [0.1, 0.15) is 11.6 Å². The average molecular weight is 437 g/mol. The predicted octanol–water partition coefficient (Wildman–Crippen LogP) is 3.80. The zero-order chi connectivity index (χ0) is 20.9. The van der Waals surface area contributed by atoms with Crippen molar-refractivity contribution < 1.29 is 4.79 Å². The number of piperazine rings is 1. The average Bonchev–Trinajstić information content (AvgIpc) is 3.51. The minimum atomic E-state index is 0.259. The number of benzene rings is 1. The fraction of sp³-hybridized carbons (Fsp3) is 0.478. The van der Waals surface area contributed by atoms with Gasteiger partial charge in [-0.2, -0.15) is 5.10 Å². The summed E-state index contributed by atoms with van der Waals surface area (Å²) in [5, 5.41) is 6.25. The van der Waals surface area contributed by atoms with Gasteiger partial charge in [-0.1, -0.05) is 24.1 Å². The van der Waals surface area contributed by atoms with Gasteiger partial charge in [-0.15, -0.1) is 0 Å². The summed E-state index contributed by atoms with van der Waals surface area (Å²) in [6.07, 6.45) is 7.43. The van der Waals surface area contributed by atoms with Crippen molar-refractivity contribution in [3.8, 4) is 5.69 Å². The Morgan fingerprint density at radius 1 is 1.03 bits per heavy atom. The van der Waals surface area contributed by atoms with Crippen molar-refractivity contribution in [3.63, 3.8) is 0 Å². The SMILES string of the molecule is O=C(C1CCC1)N1CCN(c2nc(C3CC3)nc3c2cnn3-c2cccc(Cl)c2)CC1. The molecule has 0 atom stereocenters. The van der Waals surface area contributed by atoms with E-state index in [-0.39, 0.29) is 5.92 Å². The Morgan fingerprint density at radius 2 is 1.84 bits per heavy atom. The lowest BCUT2D eigenvalue weighted by Gasteiger charge is -2.38. The molecule has 2 aromatic heterocycles. The summed E-state index contributed by atoms with van der Waals surface area (Å²) in [5.74, 6) is 2.88. The van der Waals surface area contributed by atoms with E-state index in [0.717, 1.165) is 80.2 Å². The Balaban J connectivity index is 1.33. The van der Waals surface area contributed by atoms with Gasteiger partial charge in [-0.25, -0.2) is 14.6 Å². The molecule has 2 aliphatic carbocycles. The highest BCUT2D eigenvalue weighted by Crippen LogP contribution is 2.40. The lowest BCUT2D eigenvalue weighted by molar-refractivity contribution is -0.138. The number of amides is 1. The fourth-order valence-electron chi connectivity index (χ4n) is 4.52. The Kier molecular flexibility index (Phi) is 4.60. The molecule has 0 unspecified atom stereocenters. The van der Waals surface area contributed by atoms with Gasteiger partial charge < -0.3 is 9.80 Å². The third-order valence-electron chi connectivity index (χ3n) is 6.77. The van der Waals surface area contributed by atoms with E-state index in [1.165, 1.54) is 6.42 Å². The monoisotopic (exact) mass is 436 g/mol. The molecule has 3 aromatic rings. The summed E-state index contributed by atoms with van der Waals surface area (Å²) >= 11 is 6.22. The second-order valence-electron chi connectivity index (χ2n) is 8.89. The van der Waals surface area contributed by atoms with Gasteiger partial charge in [0.05, 0.1) is 17.3 Å². The van der Waals surface area contributed by atoms with Crippen LogP contribution in [0.5, 0.6) is 0 Å². The first-order valence-corrected chi connectivity index (χ1v) is 11.6. The van der Waals surface area contributed by atoms with Crippen molar-refractivity contribution in [2.75, 3.05) is 31.1 Å². The number of hydrogen-bond donors (Lipinski definition) is 0. The molecule has 1 aliphatic heterocycles. The van der Waals surface area contributed by atoms with Crippen LogP contribution in [-0.4, -0.2) is 56.7 Å².